The Morgan fingerprint density at radius 1 is 1.45 bits per heavy atom. The van der Waals surface area contributed by atoms with E-state index in [1.54, 1.807) is 11.0 Å². The summed E-state index contributed by atoms with van der Waals surface area (Å²) in [6.45, 7) is 0.548. The molecule has 1 aliphatic rings. The largest absolute Gasteiger partial charge is 0.397 e. The van der Waals surface area contributed by atoms with Crippen LogP contribution in [0.5, 0.6) is 0 Å². The van der Waals surface area contributed by atoms with Gasteiger partial charge in [-0.05, 0) is 18.1 Å². The molecule has 1 amide bonds. The van der Waals surface area contributed by atoms with Crippen LogP contribution in [0.1, 0.15) is 15.9 Å². The molecule has 20 heavy (non-hydrogen) atoms. The predicted molar refractivity (Wildman–Crippen MR) is 77.2 cm³/mol. The first-order valence-corrected chi connectivity index (χ1v) is 6.88. The second kappa shape index (κ2) is 4.61. The molecule has 0 fully saturated rings. The highest BCUT2D eigenvalue weighted by molar-refractivity contribution is 7.13. The van der Waals surface area contributed by atoms with Gasteiger partial charge in [-0.2, -0.15) is 0 Å². The quantitative estimate of drug-likeness (QED) is 0.522. The van der Waals surface area contributed by atoms with Gasteiger partial charge in [-0.25, -0.2) is 0 Å². The molecule has 0 bridgehead atoms. The van der Waals surface area contributed by atoms with Crippen LogP contribution in [0, 0.1) is 10.1 Å². The Hall–Kier alpha value is -2.41. The number of nitro groups is 1. The molecule has 0 atom stereocenters. The minimum Gasteiger partial charge on any atom is -0.397 e. The number of amides is 1. The standard InChI is InChI=1S/C13H11N3O3S/c14-10-3-1-2-8-4-5-15(12(8)10)13(17)9-6-11(16(18)19)20-7-9/h1-3,6-7H,4-5,14H2. The second-order valence-electron chi connectivity index (χ2n) is 4.49. The first-order valence-electron chi connectivity index (χ1n) is 6.00. The molecule has 0 aliphatic carbocycles. The third-order valence-corrected chi connectivity index (χ3v) is 4.16. The van der Waals surface area contributed by atoms with Gasteiger partial charge >= 0.3 is 5.00 Å². The van der Waals surface area contributed by atoms with Crippen molar-refractivity contribution >= 4 is 33.6 Å². The number of benzene rings is 1. The van der Waals surface area contributed by atoms with Crippen molar-refractivity contribution in [2.24, 2.45) is 0 Å². The number of nitrogens with zero attached hydrogens (tertiary/aromatic N) is 2. The molecule has 102 valence electrons. The van der Waals surface area contributed by atoms with E-state index in [2.05, 4.69) is 0 Å². The number of carbonyl (C=O) groups excluding carboxylic acids is 1. The van der Waals surface area contributed by atoms with E-state index in [-0.39, 0.29) is 10.9 Å². The molecule has 0 saturated carbocycles. The van der Waals surface area contributed by atoms with E-state index in [1.165, 1.54) is 11.4 Å². The summed E-state index contributed by atoms with van der Waals surface area (Å²) in [5.41, 5.74) is 8.58. The molecule has 0 radical (unpaired) electrons. The minimum absolute atomic E-state index is 0.0335. The van der Waals surface area contributed by atoms with Crippen LogP contribution < -0.4 is 10.6 Å². The molecular weight excluding hydrogens is 278 g/mol. The summed E-state index contributed by atoms with van der Waals surface area (Å²) in [6, 6.07) is 6.86. The maximum atomic E-state index is 12.5. The lowest BCUT2D eigenvalue weighted by Crippen LogP contribution is -2.29. The fourth-order valence-corrected chi connectivity index (χ4v) is 3.08. The lowest BCUT2D eigenvalue weighted by molar-refractivity contribution is -0.380. The summed E-state index contributed by atoms with van der Waals surface area (Å²) in [6.07, 6.45) is 0.748. The van der Waals surface area contributed by atoms with Crippen LogP contribution >= 0.6 is 11.3 Å². The maximum Gasteiger partial charge on any atom is 0.324 e. The highest BCUT2D eigenvalue weighted by Gasteiger charge is 2.28. The van der Waals surface area contributed by atoms with Gasteiger partial charge in [0.1, 0.15) is 0 Å². The fourth-order valence-electron chi connectivity index (χ4n) is 2.38. The number of carbonyl (C=O) groups is 1. The van der Waals surface area contributed by atoms with Crippen molar-refractivity contribution in [2.75, 3.05) is 17.2 Å². The molecule has 1 aromatic heterocycles. The zero-order valence-electron chi connectivity index (χ0n) is 10.4. The molecule has 2 N–H and O–H groups in total. The Bertz CT molecular complexity index is 711. The first kappa shape index (κ1) is 12.6. The van der Waals surface area contributed by atoms with E-state index in [4.69, 9.17) is 5.73 Å². The smallest absolute Gasteiger partial charge is 0.324 e. The van der Waals surface area contributed by atoms with Gasteiger partial charge in [0.2, 0.25) is 0 Å². The van der Waals surface area contributed by atoms with Crippen molar-refractivity contribution in [3.63, 3.8) is 0 Å². The monoisotopic (exact) mass is 289 g/mol. The van der Waals surface area contributed by atoms with Crippen molar-refractivity contribution in [1.29, 1.82) is 0 Å². The van der Waals surface area contributed by atoms with Crippen LogP contribution in [-0.4, -0.2) is 17.4 Å². The third kappa shape index (κ3) is 1.92. The normalized spacial score (nSPS) is 13.3. The van der Waals surface area contributed by atoms with Gasteiger partial charge in [0, 0.05) is 18.0 Å². The Morgan fingerprint density at radius 2 is 2.25 bits per heavy atom. The van der Waals surface area contributed by atoms with Gasteiger partial charge in [-0.15, -0.1) is 0 Å². The van der Waals surface area contributed by atoms with E-state index < -0.39 is 4.92 Å². The molecule has 0 unspecified atom stereocenters. The number of fused-ring (bicyclic) bond motifs is 1. The lowest BCUT2D eigenvalue weighted by Gasteiger charge is -2.18. The highest BCUT2D eigenvalue weighted by Crippen LogP contribution is 2.35. The fraction of sp³-hybridized carbons (Fsp3) is 0.154. The van der Waals surface area contributed by atoms with Crippen LogP contribution in [0.15, 0.2) is 29.6 Å². The lowest BCUT2D eigenvalue weighted by atomic mass is 10.1. The molecule has 7 heteroatoms. The molecule has 0 saturated heterocycles. The van der Waals surface area contributed by atoms with Crippen LogP contribution in [0.2, 0.25) is 0 Å². The summed E-state index contributed by atoms with van der Waals surface area (Å²) in [4.78, 5) is 24.2. The number of nitrogens with two attached hydrogens (primary N) is 1. The van der Waals surface area contributed by atoms with Crippen molar-refractivity contribution in [1.82, 2.24) is 0 Å². The van der Waals surface area contributed by atoms with Gasteiger partial charge in [0.15, 0.2) is 0 Å². The number of thiophene rings is 1. The summed E-state index contributed by atoms with van der Waals surface area (Å²) in [7, 11) is 0. The summed E-state index contributed by atoms with van der Waals surface area (Å²) in [5, 5.41) is 12.2. The Morgan fingerprint density at radius 3 is 2.95 bits per heavy atom. The maximum absolute atomic E-state index is 12.5. The van der Waals surface area contributed by atoms with Gasteiger partial charge in [0.25, 0.3) is 5.91 Å². The van der Waals surface area contributed by atoms with Gasteiger partial charge < -0.3 is 10.6 Å². The summed E-state index contributed by atoms with van der Waals surface area (Å²) < 4.78 is 0. The predicted octanol–water partition coefficient (Wildman–Crippen LogP) is 2.44. The van der Waals surface area contributed by atoms with E-state index in [9.17, 15) is 14.9 Å². The summed E-state index contributed by atoms with van der Waals surface area (Å²) in [5.74, 6) is -0.244. The number of nitrogen functional groups attached to an aromatic ring is 1. The Kier molecular flexibility index (Phi) is 2.90. The average Bonchev–Trinajstić information content (AvgIpc) is 3.05. The zero-order valence-corrected chi connectivity index (χ0v) is 11.2. The SMILES string of the molecule is Nc1cccc2c1N(C(=O)c1csc([N+](=O)[O-])c1)CC2. The molecule has 6 nitrogen and oxygen atoms in total. The highest BCUT2D eigenvalue weighted by atomic mass is 32.1. The number of rotatable bonds is 2. The average molecular weight is 289 g/mol. The summed E-state index contributed by atoms with van der Waals surface area (Å²) >= 11 is 0.952. The van der Waals surface area contributed by atoms with E-state index in [0.717, 1.165) is 29.0 Å². The molecule has 1 aromatic carbocycles. The van der Waals surface area contributed by atoms with Crippen molar-refractivity contribution in [3.8, 4) is 0 Å². The molecule has 1 aliphatic heterocycles. The molecular formula is C13H11N3O3S. The molecule has 2 heterocycles. The minimum atomic E-state index is -0.492. The van der Waals surface area contributed by atoms with Gasteiger partial charge in [-0.3, -0.25) is 14.9 Å². The van der Waals surface area contributed by atoms with Gasteiger partial charge in [-0.1, -0.05) is 23.5 Å². The third-order valence-electron chi connectivity index (χ3n) is 3.28. The van der Waals surface area contributed by atoms with Crippen LogP contribution in [-0.2, 0) is 6.42 Å². The number of hydrogen-bond acceptors (Lipinski definition) is 5. The first-order chi connectivity index (χ1) is 9.58. The van der Waals surface area contributed by atoms with Crippen molar-refractivity contribution in [3.05, 3.63) is 50.9 Å². The molecule has 0 spiro atoms. The zero-order chi connectivity index (χ0) is 14.3. The van der Waals surface area contributed by atoms with Crippen LogP contribution in [0.3, 0.4) is 0 Å². The Labute approximate surface area is 118 Å². The van der Waals surface area contributed by atoms with E-state index >= 15 is 0 Å². The Balaban J connectivity index is 1.95. The van der Waals surface area contributed by atoms with Crippen LogP contribution in [0.4, 0.5) is 16.4 Å². The van der Waals surface area contributed by atoms with Crippen molar-refractivity contribution < 1.29 is 9.72 Å². The van der Waals surface area contributed by atoms with Crippen LogP contribution in [0.25, 0.3) is 0 Å². The topological polar surface area (TPSA) is 89.5 Å². The molecule has 3 rings (SSSR count). The van der Waals surface area contributed by atoms with E-state index in [1.807, 2.05) is 12.1 Å². The van der Waals surface area contributed by atoms with Gasteiger partial charge in [0.05, 0.1) is 21.9 Å². The number of para-hydroxylation sites is 1. The molecule has 2 aromatic rings. The number of hydrogen-bond donors (Lipinski definition) is 1. The van der Waals surface area contributed by atoms with E-state index in [0.29, 0.717) is 17.8 Å². The second-order valence-corrected chi connectivity index (χ2v) is 5.38. The van der Waals surface area contributed by atoms with Crippen molar-refractivity contribution in [2.45, 2.75) is 6.42 Å². The number of anilines is 2.